The third-order valence-electron chi connectivity index (χ3n) is 9.97. The lowest BCUT2D eigenvalue weighted by molar-refractivity contribution is 0.669. The summed E-state index contributed by atoms with van der Waals surface area (Å²) in [5.74, 6) is 0. The van der Waals surface area contributed by atoms with E-state index >= 15 is 0 Å². The van der Waals surface area contributed by atoms with E-state index in [2.05, 4.69) is 191 Å². The minimum absolute atomic E-state index is 0.866. The molecule has 51 heavy (non-hydrogen) atoms. The van der Waals surface area contributed by atoms with Crippen LogP contribution < -0.4 is 4.90 Å². The van der Waals surface area contributed by atoms with E-state index in [1.165, 1.54) is 33.0 Å². The van der Waals surface area contributed by atoms with E-state index in [1.807, 2.05) is 12.1 Å². The number of fused-ring (bicyclic) bond motifs is 6. The number of anilines is 3. The van der Waals surface area contributed by atoms with Gasteiger partial charge in [0.2, 0.25) is 0 Å². The Labute approximate surface area is 295 Å². The van der Waals surface area contributed by atoms with Crippen LogP contribution in [0.2, 0.25) is 0 Å². The van der Waals surface area contributed by atoms with Crippen LogP contribution in [0, 0.1) is 0 Å². The van der Waals surface area contributed by atoms with Crippen molar-refractivity contribution in [2.24, 2.45) is 0 Å². The summed E-state index contributed by atoms with van der Waals surface area (Å²) >= 11 is 0. The normalized spacial score (nSPS) is 11.5. The maximum atomic E-state index is 6.42. The molecule has 3 nitrogen and oxygen atoms in total. The van der Waals surface area contributed by atoms with Crippen LogP contribution in [0.3, 0.4) is 0 Å². The molecule has 0 aliphatic rings. The van der Waals surface area contributed by atoms with Crippen molar-refractivity contribution in [3.63, 3.8) is 0 Å². The molecule has 0 saturated heterocycles. The molecule has 0 spiro atoms. The summed E-state index contributed by atoms with van der Waals surface area (Å²) in [6.07, 6.45) is 0. The summed E-state index contributed by atoms with van der Waals surface area (Å²) in [5, 5.41) is 4.64. The van der Waals surface area contributed by atoms with Crippen molar-refractivity contribution < 1.29 is 4.42 Å². The quantitative estimate of drug-likeness (QED) is 0.178. The zero-order chi connectivity index (χ0) is 33.7. The van der Waals surface area contributed by atoms with Crippen LogP contribution in [0.4, 0.5) is 17.1 Å². The van der Waals surface area contributed by atoms with Gasteiger partial charge in [-0.3, -0.25) is 0 Å². The maximum Gasteiger partial charge on any atom is 0.137 e. The van der Waals surface area contributed by atoms with Gasteiger partial charge in [-0.1, -0.05) is 133 Å². The molecule has 0 radical (unpaired) electrons. The Hall–Kier alpha value is -6.84. The number of furan rings is 1. The highest BCUT2D eigenvalue weighted by Gasteiger charge is 2.22. The van der Waals surface area contributed by atoms with Gasteiger partial charge >= 0.3 is 0 Å². The van der Waals surface area contributed by atoms with Gasteiger partial charge in [0, 0.05) is 33.2 Å². The molecule has 0 atom stereocenters. The molecule has 2 heterocycles. The number of nitrogens with zero attached hydrogens (tertiary/aromatic N) is 2. The molecule has 0 amide bonds. The van der Waals surface area contributed by atoms with Gasteiger partial charge in [0.15, 0.2) is 0 Å². The van der Waals surface area contributed by atoms with E-state index in [9.17, 15) is 0 Å². The smallest absolute Gasteiger partial charge is 0.137 e. The Bertz CT molecular complexity index is 2850. The highest BCUT2D eigenvalue weighted by atomic mass is 16.3. The summed E-state index contributed by atoms with van der Waals surface area (Å²) in [6.45, 7) is 0. The fourth-order valence-corrected chi connectivity index (χ4v) is 7.73. The first-order valence-electron chi connectivity index (χ1n) is 17.4. The molecule has 10 aromatic rings. The lowest BCUT2D eigenvalue weighted by atomic mass is 9.99. The van der Waals surface area contributed by atoms with Crippen molar-refractivity contribution in [3.05, 3.63) is 194 Å². The van der Waals surface area contributed by atoms with Crippen LogP contribution in [-0.4, -0.2) is 4.57 Å². The summed E-state index contributed by atoms with van der Waals surface area (Å²) in [4.78, 5) is 2.39. The van der Waals surface area contributed by atoms with Crippen molar-refractivity contribution in [3.8, 4) is 27.9 Å². The third-order valence-corrected chi connectivity index (χ3v) is 9.97. The second-order valence-corrected chi connectivity index (χ2v) is 12.9. The lowest BCUT2D eigenvalue weighted by Gasteiger charge is -2.27. The van der Waals surface area contributed by atoms with Crippen LogP contribution in [0.15, 0.2) is 199 Å². The minimum atomic E-state index is 0.866. The molecule has 240 valence electrons. The van der Waals surface area contributed by atoms with Crippen LogP contribution in [-0.2, 0) is 0 Å². The molecule has 0 N–H and O–H groups in total. The second-order valence-electron chi connectivity index (χ2n) is 12.9. The Balaban J connectivity index is 1.28. The highest BCUT2D eigenvalue weighted by molar-refractivity contribution is 6.17. The Kier molecular flexibility index (Phi) is 6.81. The molecule has 2 aromatic heterocycles. The number of rotatable bonds is 6. The molecule has 10 rings (SSSR count). The van der Waals surface area contributed by atoms with Gasteiger partial charge in [-0.2, -0.15) is 0 Å². The first-order valence-corrected chi connectivity index (χ1v) is 17.4. The standard InChI is InChI=1S/C48H32N2O/c1-4-15-33(16-5-1)35-19-12-22-37(31-35)49(43-26-14-28-46-48(43)41-23-10-11-27-45(41)51-46)38-29-30-40-44(32-38)50(36-20-8-3-9-21-36)42-25-13-24-39(47(40)42)34-17-6-2-7-18-34/h1-32H. The van der Waals surface area contributed by atoms with Gasteiger partial charge in [-0.15, -0.1) is 0 Å². The molecular weight excluding hydrogens is 621 g/mol. The fraction of sp³-hybridized carbons (Fsp3) is 0. The average molecular weight is 653 g/mol. The van der Waals surface area contributed by atoms with E-state index in [-0.39, 0.29) is 0 Å². The number of hydrogen-bond donors (Lipinski definition) is 0. The minimum Gasteiger partial charge on any atom is -0.456 e. The average Bonchev–Trinajstić information content (AvgIpc) is 3.75. The van der Waals surface area contributed by atoms with Crippen molar-refractivity contribution >= 4 is 60.8 Å². The van der Waals surface area contributed by atoms with Crippen molar-refractivity contribution in [1.82, 2.24) is 4.57 Å². The summed E-state index contributed by atoms with van der Waals surface area (Å²) in [6, 6.07) is 69.1. The van der Waals surface area contributed by atoms with Gasteiger partial charge in [0.1, 0.15) is 11.2 Å². The number of hydrogen-bond acceptors (Lipinski definition) is 2. The van der Waals surface area contributed by atoms with Crippen LogP contribution in [0.25, 0.3) is 71.7 Å². The van der Waals surface area contributed by atoms with Gasteiger partial charge in [-0.25, -0.2) is 0 Å². The predicted molar refractivity (Wildman–Crippen MR) is 214 cm³/mol. The molecule has 0 fully saturated rings. The maximum absolute atomic E-state index is 6.42. The van der Waals surface area contributed by atoms with E-state index in [0.29, 0.717) is 0 Å². The molecule has 0 aliphatic carbocycles. The first kappa shape index (κ1) is 29.1. The van der Waals surface area contributed by atoms with Crippen molar-refractivity contribution in [1.29, 1.82) is 0 Å². The van der Waals surface area contributed by atoms with E-state index in [0.717, 1.165) is 55.8 Å². The largest absolute Gasteiger partial charge is 0.456 e. The molecule has 0 aliphatic heterocycles. The Morgan fingerprint density at radius 3 is 1.86 bits per heavy atom. The first-order chi connectivity index (χ1) is 25.3. The highest BCUT2D eigenvalue weighted by Crippen LogP contribution is 2.46. The van der Waals surface area contributed by atoms with Gasteiger partial charge in [-0.05, 0) is 82.9 Å². The molecule has 3 heteroatoms. The van der Waals surface area contributed by atoms with E-state index in [4.69, 9.17) is 4.42 Å². The van der Waals surface area contributed by atoms with Crippen molar-refractivity contribution in [2.45, 2.75) is 0 Å². The Morgan fingerprint density at radius 2 is 1.04 bits per heavy atom. The number of benzene rings is 8. The van der Waals surface area contributed by atoms with Crippen molar-refractivity contribution in [2.75, 3.05) is 4.90 Å². The molecule has 0 unspecified atom stereocenters. The lowest BCUT2D eigenvalue weighted by Crippen LogP contribution is -2.10. The van der Waals surface area contributed by atoms with Crippen LogP contribution in [0.1, 0.15) is 0 Å². The van der Waals surface area contributed by atoms with Crippen LogP contribution in [0.5, 0.6) is 0 Å². The van der Waals surface area contributed by atoms with Crippen LogP contribution >= 0.6 is 0 Å². The molecular formula is C48H32N2O. The number of aromatic nitrogens is 1. The topological polar surface area (TPSA) is 21.3 Å². The van der Waals surface area contributed by atoms with Gasteiger partial charge in [0.25, 0.3) is 0 Å². The summed E-state index contributed by atoms with van der Waals surface area (Å²) < 4.78 is 8.83. The zero-order valence-electron chi connectivity index (χ0n) is 27.8. The SMILES string of the molecule is c1ccc(-c2cccc(N(c3ccc4c5c(-c6ccccc6)cccc5n(-c5ccccc5)c4c3)c3cccc4oc5ccccc5c34)c2)cc1. The molecule has 0 bridgehead atoms. The van der Waals surface area contributed by atoms with E-state index < -0.39 is 0 Å². The summed E-state index contributed by atoms with van der Waals surface area (Å²) in [5.41, 5.74) is 13.2. The van der Waals surface area contributed by atoms with Gasteiger partial charge < -0.3 is 13.9 Å². The van der Waals surface area contributed by atoms with E-state index in [1.54, 1.807) is 0 Å². The van der Waals surface area contributed by atoms with Gasteiger partial charge in [0.05, 0.1) is 22.1 Å². The third kappa shape index (κ3) is 4.82. The zero-order valence-corrected chi connectivity index (χ0v) is 27.8. The second kappa shape index (κ2) is 11.9. The Morgan fingerprint density at radius 1 is 0.392 bits per heavy atom. The molecule has 8 aromatic carbocycles. The molecule has 0 saturated carbocycles. The predicted octanol–water partition coefficient (Wildman–Crippen LogP) is 13.5. The monoisotopic (exact) mass is 652 g/mol. The fourth-order valence-electron chi connectivity index (χ4n) is 7.73. The number of para-hydroxylation sites is 2. The summed E-state index contributed by atoms with van der Waals surface area (Å²) in [7, 11) is 0.